The van der Waals surface area contributed by atoms with Crippen molar-refractivity contribution in [3.05, 3.63) is 64.7 Å². The summed E-state index contributed by atoms with van der Waals surface area (Å²) in [4.78, 5) is 0. The van der Waals surface area contributed by atoms with Crippen LogP contribution in [-0.2, 0) is 11.8 Å². The summed E-state index contributed by atoms with van der Waals surface area (Å²) in [5, 5.41) is 0. The van der Waals surface area contributed by atoms with Gasteiger partial charge in [-0.2, -0.15) is 0 Å². The van der Waals surface area contributed by atoms with Gasteiger partial charge in [0.05, 0.1) is 0 Å². The summed E-state index contributed by atoms with van der Waals surface area (Å²) in [6.45, 7) is 9.08. The first-order chi connectivity index (χ1) is 11.0. The van der Waals surface area contributed by atoms with Crippen LogP contribution in [0.5, 0.6) is 0 Å². The van der Waals surface area contributed by atoms with Gasteiger partial charge in [0, 0.05) is 0 Å². The Balaban J connectivity index is 1.93. The molecule has 0 radical (unpaired) electrons. The summed E-state index contributed by atoms with van der Waals surface area (Å²) in [7, 11) is 0. The number of hydrogen-bond donors (Lipinski definition) is 0. The van der Waals surface area contributed by atoms with E-state index in [1.54, 1.807) is 5.57 Å². The molecule has 0 aliphatic heterocycles. The molecule has 0 spiro atoms. The lowest BCUT2D eigenvalue weighted by Gasteiger charge is -2.19. The topological polar surface area (TPSA) is 0 Å². The Morgan fingerprint density at radius 3 is 2.35 bits per heavy atom. The van der Waals surface area contributed by atoms with Crippen molar-refractivity contribution in [2.75, 3.05) is 0 Å². The molecule has 23 heavy (non-hydrogen) atoms. The summed E-state index contributed by atoms with van der Waals surface area (Å²) in [6, 6.07) is 15.9. The summed E-state index contributed by atoms with van der Waals surface area (Å²) < 4.78 is 0. The van der Waals surface area contributed by atoms with Gasteiger partial charge in [0.2, 0.25) is 0 Å². The molecule has 0 N–H and O–H groups in total. The van der Waals surface area contributed by atoms with Crippen LogP contribution in [0.25, 0.3) is 17.2 Å². The van der Waals surface area contributed by atoms with Gasteiger partial charge in [-0.05, 0) is 52.5 Å². The molecular weight excluding hydrogens is 276 g/mol. The van der Waals surface area contributed by atoms with Crippen molar-refractivity contribution < 1.29 is 0 Å². The van der Waals surface area contributed by atoms with E-state index in [9.17, 15) is 0 Å². The van der Waals surface area contributed by atoms with Crippen LogP contribution < -0.4 is 0 Å². The number of hydrogen-bond acceptors (Lipinski definition) is 0. The Morgan fingerprint density at radius 1 is 0.957 bits per heavy atom. The quantitative estimate of drug-likeness (QED) is 0.584. The molecular formula is C23H28. The Labute approximate surface area is 141 Å². The fourth-order valence-corrected chi connectivity index (χ4v) is 3.40. The van der Waals surface area contributed by atoms with Gasteiger partial charge in [-0.25, -0.2) is 0 Å². The lowest BCUT2D eigenvalue weighted by Crippen LogP contribution is -2.10. The van der Waals surface area contributed by atoms with E-state index in [0.717, 1.165) is 6.42 Å². The van der Waals surface area contributed by atoms with Crippen molar-refractivity contribution in [3.63, 3.8) is 0 Å². The molecule has 0 unspecified atom stereocenters. The van der Waals surface area contributed by atoms with Crippen LogP contribution in [-0.4, -0.2) is 0 Å². The number of unbranched alkanes of at least 4 members (excludes halogenated alkanes) is 1. The molecule has 0 saturated carbocycles. The minimum absolute atomic E-state index is 0.213. The minimum atomic E-state index is 0.213. The number of allylic oxidation sites excluding steroid dienone is 1. The second-order valence-electron chi connectivity index (χ2n) is 7.79. The molecule has 3 rings (SSSR count). The molecule has 0 nitrogen and oxygen atoms in total. The third-order valence-electron chi connectivity index (χ3n) is 4.88. The first-order valence-corrected chi connectivity index (χ1v) is 8.91. The van der Waals surface area contributed by atoms with E-state index in [1.807, 2.05) is 0 Å². The van der Waals surface area contributed by atoms with Gasteiger partial charge in [-0.15, -0.1) is 0 Å². The monoisotopic (exact) mass is 304 g/mol. The van der Waals surface area contributed by atoms with Gasteiger partial charge in [-0.3, -0.25) is 0 Å². The zero-order valence-corrected chi connectivity index (χ0v) is 14.9. The highest BCUT2D eigenvalue weighted by molar-refractivity contribution is 5.80. The Morgan fingerprint density at radius 2 is 1.70 bits per heavy atom. The third-order valence-corrected chi connectivity index (χ3v) is 4.88. The highest BCUT2D eigenvalue weighted by atomic mass is 14.2. The number of benzene rings is 2. The van der Waals surface area contributed by atoms with Crippen LogP contribution >= 0.6 is 0 Å². The molecule has 0 aromatic heterocycles. The van der Waals surface area contributed by atoms with Crippen LogP contribution in [0.3, 0.4) is 0 Å². The maximum absolute atomic E-state index is 2.44. The molecule has 120 valence electrons. The summed E-state index contributed by atoms with van der Waals surface area (Å²) in [5.41, 5.74) is 8.87. The van der Waals surface area contributed by atoms with E-state index in [1.165, 1.54) is 47.1 Å². The van der Waals surface area contributed by atoms with Gasteiger partial charge in [0.15, 0.2) is 0 Å². The highest BCUT2D eigenvalue weighted by Crippen LogP contribution is 2.36. The fourth-order valence-electron chi connectivity index (χ4n) is 3.40. The largest absolute Gasteiger partial charge is 0.0654 e. The summed E-state index contributed by atoms with van der Waals surface area (Å²) in [6.07, 6.45) is 7.40. The predicted octanol–water partition coefficient (Wildman–Crippen LogP) is 6.78. The van der Waals surface area contributed by atoms with Crippen molar-refractivity contribution in [3.8, 4) is 11.1 Å². The van der Waals surface area contributed by atoms with E-state index in [4.69, 9.17) is 0 Å². The zero-order chi connectivity index (χ0) is 16.4. The molecule has 2 aromatic carbocycles. The Bertz CT molecular complexity index is 709. The maximum atomic E-state index is 2.44. The van der Waals surface area contributed by atoms with E-state index >= 15 is 0 Å². The average Bonchev–Trinajstić information content (AvgIpc) is 2.95. The van der Waals surface area contributed by atoms with Crippen molar-refractivity contribution in [2.24, 2.45) is 0 Å². The molecule has 1 aliphatic carbocycles. The zero-order valence-electron chi connectivity index (χ0n) is 14.9. The second-order valence-corrected chi connectivity index (χ2v) is 7.79. The minimum Gasteiger partial charge on any atom is -0.0654 e. The van der Waals surface area contributed by atoms with Gasteiger partial charge in [0.25, 0.3) is 0 Å². The van der Waals surface area contributed by atoms with Crippen LogP contribution in [0.2, 0.25) is 0 Å². The molecule has 0 heterocycles. The molecule has 1 aliphatic rings. The smallest absolute Gasteiger partial charge is 0.00576 e. The van der Waals surface area contributed by atoms with Gasteiger partial charge >= 0.3 is 0 Å². The molecule has 0 amide bonds. The molecule has 0 saturated heterocycles. The Kier molecular flexibility index (Phi) is 4.43. The maximum Gasteiger partial charge on any atom is -0.00576 e. The van der Waals surface area contributed by atoms with Gasteiger partial charge in [-0.1, -0.05) is 88.2 Å². The number of rotatable bonds is 4. The summed E-state index contributed by atoms with van der Waals surface area (Å²) >= 11 is 0. The normalized spacial score (nSPS) is 13.8. The first-order valence-electron chi connectivity index (χ1n) is 8.91. The average molecular weight is 304 g/mol. The fraction of sp³-hybridized carbons (Fsp3) is 0.391. The van der Waals surface area contributed by atoms with Crippen molar-refractivity contribution >= 4 is 6.08 Å². The lowest BCUT2D eigenvalue weighted by atomic mass is 9.86. The molecule has 2 aromatic rings. The molecule has 0 heteroatoms. The standard InChI is InChI=1S/C23H28/c1-5-6-8-17-15-19-9-7-10-21(22(19)16-17)18-11-13-20(14-12-18)23(2,3)4/h7,9-14,16H,5-6,8,15H2,1-4H3. The van der Waals surface area contributed by atoms with E-state index < -0.39 is 0 Å². The van der Waals surface area contributed by atoms with Crippen LogP contribution in [0, 0.1) is 0 Å². The van der Waals surface area contributed by atoms with Gasteiger partial charge < -0.3 is 0 Å². The van der Waals surface area contributed by atoms with E-state index in [0.29, 0.717) is 0 Å². The predicted molar refractivity (Wildman–Crippen MR) is 102 cm³/mol. The molecule has 0 fully saturated rings. The molecule has 0 atom stereocenters. The first kappa shape index (κ1) is 16.1. The van der Waals surface area contributed by atoms with Gasteiger partial charge in [0.1, 0.15) is 0 Å². The third kappa shape index (κ3) is 3.42. The van der Waals surface area contributed by atoms with Crippen LogP contribution in [0.15, 0.2) is 48.0 Å². The highest BCUT2D eigenvalue weighted by Gasteiger charge is 2.17. The SMILES string of the molecule is CCCCC1=Cc2c(cccc2-c2ccc(C(C)(C)C)cc2)C1. The van der Waals surface area contributed by atoms with Crippen molar-refractivity contribution in [1.82, 2.24) is 0 Å². The van der Waals surface area contributed by atoms with Crippen molar-refractivity contribution in [2.45, 2.75) is 58.8 Å². The lowest BCUT2D eigenvalue weighted by molar-refractivity contribution is 0.590. The second kappa shape index (κ2) is 6.35. The Hall–Kier alpha value is -1.82. The van der Waals surface area contributed by atoms with Crippen LogP contribution in [0.1, 0.15) is 63.6 Å². The number of fused-ring (bicyclic) bond motifs is 1. The van der Waals surface area contributed by atoms with Crippen molar-refractivity contribution in [1.29, 1.82) is 0 Å². The van der Waals surface area contributed by atoms with Crippen LogP contribution in [0.4, 0.5) is 0 Å². The molecule has 0 bridgehead atoms. The van der Waals surface area contributed by atoms with E-state index in [-0.39, 0.29) is 5.41 Å². The van der Waals surface area contributed by atoms with E-state index in [2.05, 4.69) is 76.2 Å². The summed E-state index contributed by atoms with van der Waals surface area (Å²) in [5.74, 6) is 0.